The summed E-state index contributed by atoms with van der Waals surface area (Å²) in [5, 5.41) is 5.50. The van der Waals surface area contributed by atoms with Crippen molar-refractivity contribution in [2.45, 2.75) is 0 Å². The largest absolute Gasteiger partial charge is 0.378 e. The first-order valence-electron chi connectivity index (χ1n) is 7.32. The quantitative estimate of drug-likeness (QED) is 0.789. The maximum Gasteiger partial charge on any atom is 0.252 e. The lowest BCUT2D eigenvalue weighted by atomic mass is 10.2. The number of benzene rings is 1. The molecule has 120 valence electrons. The Kier molecular flexibility index (Phi) is 5.68. The van der Waals surface area contributed by atoms with Gasteiger partial charge < -0.3 is 15.5 Å². The highest BCUT2D eigenvalue weighted by Gasteiger charge is 2.07. The molecule has 1 heterocycles. The highest BCUT2D eigenvalue weighted by molar-refractivity contribution is 5.95. The number of pyridine rings is 1. The van der Waals surface area contributed by atoms with Crippen molar-refractivity contribution in [2.75, 3.05) is 32.1 Å². The van der Waals surface area contributed by atoms with Crippen LogP contribution in [0.15, 0.2) is 48.8 Å². The summed E-state index contributed by atoms with van der Waals surface area (Å²) in [6, 6.07) is 10.7. The zero-order valence-corrected chi connectivity index (χ0v) is 13.2. The van der Waals surface area contributed by atoms with Crippen LogP contribution in [0.25, 0.3) is 0 Å². The van der Waals surface area contributed by atoms with Crippen LogP contribution in [0.2, 0.25) is 0 Å². The molecule has 0 fully saturated rings. The Balaban J connectivity index is 1.75. The van der Waals surface area contributed by atoms with E-state index in [4.69, 9.17) is 0 Å². The lowest BCUT2D eigenvalue weighted by molar-refractivity contribution is 0.0927. The van der Waals surface area contributed by atoms with Gasteiger partial charge in [-0.3, -0.25) is 14.6 Å². The molecule has 23 heavy (non-hydrogen) atoms. The van der Waals surface area contributed by atoms with Crippen molar-refractivity contribution in [1.29, 1.82) is 0 Å². The molecule has 0 aliphatic heterocycles. The fourth-order valence-corrected chi connectivity index (χ4v) is 1.96. The second-order valence-corrected chi connectivity index (χ2v) is 5.19. The molecule has 2 aromatic rings. The molecule has 2 amide bonds. The number of nitrogens with one attached hydrogen (secondary N) is 2. The fraction of sp³-hybridized carbons (Fsp3) is 0.235. The second-order valence-electron chi connectivity index (χ2n) is 5.19. The highest BCUT2D eigenvalue weighted by Crippen LogP contribution is 2.11. The van der Waals surface area contributed by atoms with Crippen LogP contribution in [0, 0.1) is 0 Å². The van der Waals surface area contributed by atoms with E-state index in [2.05, 4.69) is 15.6 Å². The third kappa shape index (κ3) is 4.81. The third-order valence-corrected chi connectivity index (χ3v) is 3.27. The molecule has 2 N–H and O–H groups in total. The van der Waals surface area contributed by atoms with Crippen LogP contribution in [-0.4, -0.2) is 44.0 Å². The second kappa shape index (κ2) is 7.93. The van der Waals surface area contributed by atoms with E-state index in [0.29, 0.717) is 24.2 Å². The van der Waals surface area contributed by atoms with Crippen LogP contribution in [0.3, 0.4) is 0 Å². The number of nitrogens with zero attached hydrogens (tertiary/aromatic N) is 2. The summed E-state index contributed by atoms with van der Waals surface area (Å²) in [6.07, 6.45) is 3.11. The van der Waals surface area contributed by atoms with E-state index in [1.165, 1.54) is 6.20 Å². The van der Waals surface area contributed by atoms with E-state index in [9.17, 15) is 9.59 Å². The first-order valence-corrected chi connectivity index (χ1v) is 7.32. The summed E-state index contributed by atoms with van der Waals surface area (Å²) in [4.78, 5) is 29.6. The van der Waals surface area contributed by atoms with Gasteiger partial charge in [0.25, 0.3) is 11.8 Å². The Morgan fingerprint density at radius 2 is 1.57 bits per heavy atom. The minimum absolute atomic E-state index is 0.161. The van der Waals surface area contributed by atoms with Gasteiger partial charge in [0.15, 0.2) is 0 Å². The van der Waals surface area contributed by atoms with Gasteiger partial charge >= 0.3 is 0 Å². The van der Waals surface area contributed by atoms with Crippen molar-refractivity contribution in [3.63, 3.8) is 0 Å². The lowest BCUT2D eigenvalue weighted by Gasteiger charge is -2.12. The van der Waals surface area contributed by atoms with E-state index >= 15 is 0 Å². The molecule has 0 saturated heterocycles. The summed E-state index contributed by atoms with van der Waals surface area (Å²) in [5.74, 6) is -0.367. The van der Waals surface area contributed by atoms with E-state index in [0.717, 1.165) is 5.69 Å². The number of amides is 2. The molecule has 0 unspecified atom stereocenters. The summed E-state index contributed by atoms with van der Waals surface area (Å²) < 4.78 is 0. The molecule has 0 aliphatic carbocycles. The smallest absolute Gasteiger partial charge is 0.252 e. The molecule has 6 heteroatoms. The van der Waals surface area contributed by atoms with Gasteiger partial charge in [0, 0.05) is 50.8 Å². The molecule has 1 aromatic heterocycles. The average Bonchev–Trinajstić information content (AvgIpc) is 2.59. The monoisotopic (exact) mass is 312 g/mol. The molecule has 0 bridgehead atoms. The predicted octanol–water partition coefficient (Wildman–Crippen LogP) is 1.31. The van der Waals surface area contributed by atoms with Crippen LogP contribution in [0.5, 0.6) is 0 Å². The van der Waals surface area contributed by atoms with Crippen molar-refractivity contribution < 1.29 is 9.59 Å². The van der Waals surface area contributed by atoms with Gasteiger partial charge in [-0.1, -0.05) is 0 Å². The van der Waals surface area contributed by atoms with Gasteiger partial charge in [0.1, 0.15) is 0 Å². The standard InChI is InChI=1S/C17H20N4O2/c1-21(2)15-7-5-13(6-8-15)16(22)19-10-11-20-17(23)14-4-3-9-18-12-14/h3-9,12H,10-11H2,1-2H3,(H,19,22)(H,20,23). The highest BCUT2D eigenvalue weighted by atomic mass is 16.2. The zero-order valence-electron chi connectivity index (χ0n) is 13.2. The number of hydrogen-bond donors (Lipinski definition) is 2. The molecule has 0 atom stereocenters. The Labute approximate surface area is 135 Å². The molecular weight excluding hydrogens is 292 g/mol. The van der Waals surface area contributed by atoms with Gasteiger partial charge in [0.05, 0.1) is 5.56 Å². The Morgan fingerprint density at radius 1 is 0.957 bits per heavy atom. The molecule has 0 saturated carbocycles. The lowest BCUT2D eigenvalue weighted by Crippen LogP contribution is -2.34. The normalized spacial score (nSPS) is 10.0. The fourth-order valence-electron chi connectivity index (χ4n) is 1.96. The number of rotatable bonds is 6. The maximum atomic E-state index is 12.0. The van der Waals surface area contributed by atoms with Gasteiger partial charge in [-0.15, -0.1) is 0 Å². The van der Waals surface area contributed by atoms with Gasteiger partial charge in [-0.05, 0) is 36.4 Å². The molecule has 2 rings (SSSR count). The van der Waals surface area contributed by atoms with Crippen LogP contribution in [0.4, 0.5) is 5.69 Å². The van der Waals surface area contributed by atoms with E-state index < -0.39 is 0 Å². The molecular formula is C17H20N4O2. The topological polar surface area (TPSA) is 74.3 Å². The molecule has 0 spiro atoms. The maximum absolute atomic E-state index is 12.0. The number of carbonyl (C=O) groups is 2. The van der Waals surface area contributed by atoms with Gasteiger partial charge in [-0.25, -0.2) is 0 Å². The molecule has 1 aromatic carbocycles. The number of carbonyl (C=O) groups excluding carboxylic acids is 2. The Bertz CT molecular complexity index is 654. The summed E-state index contributed by atoms with van der Waals surface area (Å²) in [5.41, 5.74) is 2.12. The predicted molar refractivity (Wildman–Crippen MR) is 89.7 cm³/mol. The number of hydrogen-bond acceptors (Lipinski definition) is 4. The average molecular weight is 312 g/mol. The van der Waals surface area contributed by atoms with Gasteiger partial charge in [0.2, 0.25) is 0 Å². The SMILES string of the molecule is CN(C)c1ccc(C(=O)NCCNC(=O)c2cccnc2)cc1. The van der Waals surface area contributed by atoms with Gasteiger partial charge in [-0.2, -0.15) is 0 Å². The van der Waals surface area contributed by atoms with E-state index in [1.54, 1.807) is 30.5 Å². The van der Waals surface area contributed by atoms with Crippen molar-refractivity contribution in [1.82, 2.24) is 15.6 Å². The van der Waals surface area contributed by atoms with Crippen molar-refractivity contribution in [2.24, 2.45) is 0 Å². The van der Waals surface area contributed by atoms with Crippen LogP contribution in [0.1, 0.15) is 20.7 Å². The molecule has 6 nitrogen and oxygen atoms in total. The van der Waals surface area contributed by atoms with Crippen LogP contribution in [-0.2, 0) is 0 Å². The Morgan fingerprint density at radius 3 is 2.09 bits per heavy atom. The van der Waals surface area contributed by atoms with Crippen molar-refractivity contribution in [3.05, 3.63) is 59.9 Å². The minimum atomic E-state index is -0.206. The van der Waals surface area contributed by atoms with Crippen LogP contribution >= 0.6 is 0 Å². The first kappa shape index (κ1) is 16.5. The van der Waals surface area contributed by atoms with Crippen molar-refractivity contribution in [3.8, 4) is 0 Å². The van der Waals surface area contributed by atoms with Crippen LogP contribution < -0.4 is 15.5 Å². The molecule has 0 aliphatic rings. The number of aromatic nitrogens is 1. The zero-order chi connectivity index (χ0) is 16.7. The van der Waals surface area contributed by atoms with Crippen molar-refractivity contribution >= 4 is 17.5 Å². The Hall–Kier alpha value is -2.89. The summed E-state index contributed by atoms with van der Waals surface area (Å²) in [6.45, 7) is 0.718. The van der Waals surface area contributed by atoms with E-state index in [-0.39, 0.29) is 11.8 Å². The third-order valence-electron chi connectivity index (χ3n) is 3.27. The van der Waals surface area contributed by atoms with E-state index in [1.807, 2.05) is 31.1 Å². The first-order chi connectivity index (χ1) is 11.1. The molecule has 0 radical (unpaired) electrons. The number of anilines is 1. The summed E-state index contributed by atoms with van der Waals surface area (Å²) in [7, 11) is 3.89. The summed E-state index contributed by atoms with van der Waals surface area (Å²) >= 11 is 0. The minimum Gasteiger partial charge on any atom is -0.378 e.